The van der Waals surface area contributed by atoms with E-state index in [1.807, 2.05) is 69.2 Å². The molecule has 0 unspecified atom stereocenters. The topological polar surface area (TPSA) is 55.4 Å². The van der Waals surface area contributed by atoms with Crippen LogP contribution in [0.2, 0.25) is 0 Å². The van der Waals surface area contributed by atoms with Crippen LogP contribution >= 0.6 is 0 Å². The maximum Gasteiger partial charge on any atom is 0.152 e. The predicted molar refractivity (Wildman–Crippen MR) is 184 cm³/mol. The largest absolute Gasteiger partial charge is 0.300 e. The summed E-state index contributed by atoms with van der Waals surface area (Å²) in [6.45, 7) is 32.1. The average molecular weight is 582 g/mol. The Hall–Kier alpha value is -1.26. The van der Waals surface area contributed by atoms with Gasteiger partial charge >= 0.3 is 0 Å². The van der Waals surface area contributed by atoms with Crippen molar-refractivity contribution in [2.75, 3.05) is 0 Å². The van der Waals surface area contributed by atoms with Gasteiger partial charge in [-0.15, -0.1) is 6.58 Å². The van der Waals surface area contributed by atoms with E-state index in [9.17, 15) is 9.59 Å². The number of ketones is 2. The zero-order valence-electron chi connectivity index (χ0n) is 29.4. The first-order valence-electron chi connectivity index (χ1n) is 16.8. The second-order valence-corrected chi connectivity index (χ2v) is 11.4. The molecule has 2 aliphatic carbocycles. The molecule has 0 aromatic rings. The van der Waals surface area contributed by atoms with E-state index < -0.39 is 5.60 Å². The molecule has 2 aliphatic rings. The van der Waals surface area contributed by atoms with E-state index in [-0.39, 0.29) is 36.4 Å². The van der Waals surface area contributed by atoms with Crippen molar-refractivity contribution in [1.29, 1.82) is 0 Å². The van der Waals surface area contributed by atoms with Crippen LogP contribution in [0, 0.1) is 29.1 Å². The fourth-order valence-corrected chi connectivity index (χ4v) is 5.55. The molecule has 0 spiro atoms. The molecule has 1 fully saturated rings. The molecule has 4 atom stereocenters. The van der Waals surface area contributed by atoms with Crippen molar-refractivity contribution in [3.8, 4) is 0 Å². The van der Waals surface area contributed by atoms with Gasteiger partial charge in [0.2, 0.25) is 0 Å². The molecule has 1 N–H and O–H groups in total. The Morgan fingerprint density at radius 2 is 1.54 bits per heavy atom. The van der Waals surface area contributed by atoms with E-state index in [1.54, 1.807) is 13.0 Å². The monoisotopic (exact) mass is 582 g/mol. The van der Waals surface area contributed by atoms with E-state index in [2.05, 4.69) is 45.0 Å². The number of carbonyl (C=O) groups is 2. The lowest BCUT2D eigenvalue weighted by Crippen LogP contribution is -2.47. The Kier molecular flexibility index (Phi) is 30.0. The third-order valence-electron chi connectivity index (χ3n) is 7.73. The molecule has 0 saturated heterocycles. The van der Waals surface area contributed by atoms with Gasteiger partial charge in [0, 0.05) is 12.3 Å². The second kappa shape index (κ2) is 26.4. The third-order valence-corrected chi connectivity index (χ3v) is 7.73. The van der Waals surface area contributed by atoms with Gasteiger partial charge in [0.25, 0.3) is 0 Å². The number of hydroxylamine groups is 1. The van der Waals surface area contributed by atoms with E-state index in [0.717, 1.165) is 25.7 Å². The van der Waals surface area contributed by atoms with Crippen LogP contribution in [0.5, 0.6) is 0 Å². The first-order chi connectivity index (χ1) is 19.0. The molecule has 0 aliphatic heterocycles. The molecular weight excluding hydrogens is 506 g/mol. The van der Waals surface area contributed by atoms with Gasteiger partial charge in [0.05, 0.1) is 6.04 Å². The van der Waals surface area contributed by atoms with Gasteiger partial charge < -0.3 is 0 Å². The molecule has 2 rings (SSSR count). The number of hydrogen-bond donors (Lipinski definition) is 1. The Bertz CT molecular complexity index is 674. The summed E-state index contributed by atoms with van der Waals surface area (Å²) >= 11 is 0. The zero-order valence-corrected chi connectivity index (χ0v) is 29.4. The normalized spacial score (nSPS) is 20.7. The maximum absolute atomic E-state index is 13.4. The van der Waals surface area contributed by atoms with Crippen molar-refractivity contribution >= 4 is 11.6 Å². The van der Waals surface area contributed by atoms with E-state index in [1.165, 1.54) is 19.3 Å². The number of rotatable bonds is 12. The van der Waals surface area contributed by atoms with Crippen molar-refractivity contribution in [2.45, 2.75) is 174 Å². The molecule has 1 saturated carbocycles. The molecule has 0 heterocycles. The molecule has 246 valence electrons. The highest BCUT2D eigenvalue weighted by molar-refractivity contribution is 5.85. The predicted octanol–water partition coefficient (Wildman–Crippen LogP) is 11.3. The van der Waals surface area contributed by atoms with Crippen molar-refractivity contribution in [2.24, 2.45) is 29.1 Å². The zero-order chi connectivity index (χ0) is 31.9. The fourth-order valence-electron chi connectivity index (χ4n) is 5.55. The molecule has 0 radical (unpaired) electrons. The molecule has 0 bridgehead atoms. The molecule has 4 heteroatoms. The second-order valence-electron chi connectivity index (χ2n) is 11.4. The van der Waals surface area contributed by atoms with Crippen LogP contribution in [0.3, 0.4) is 0 Å². The van der Waals surface area contributed by atoms with Crippen LogP contribution in [0.15, 0.2) is 24.8 Å². The molecular formula is C37H75NO3. The summed E-state index contributed by atoms with van der Waals surface area (Å²) in [4.78, 5) is 32.0. The highest BCUT2D eigenvalue weighted by Gasteiger charge is 2.38. The van der Waals surface area contributed by atoms with Gasteiger partial charge in [-0.25, -0.2) is 0 Å². The van der Waals surface area contributed by atoms with Crippen LogP contribution < -0.4 is 5.48 Å². The van der Waals surface area contributed by atoms with Crippen LogP contribution in [0.25, 0.3) is 0 Å². The summed E-state index contributed by atoms with van der Waals surface area (Å²) < 4.78 is 0. The number of carbonyl (C=O) groups excluding carboxylic acids is 2. The first-order valence-corrected chi connectivity index (χ1v) is 16.8. The Morgan fingerprint density at radius 1 is 1.02 bits per heavy atom. The highest BCUT2D eigenvalue weighted by atomic mass is 16.7. The number of allylic oxidation sites excluding steroid dienone is 2. The van der Waals surface area contributed by atoms with E-state index >= 15 is 0 Å². The minimum absolute atomic E-state index is 0. The summed E-state index contributed by atoms with van der Waals surface area (Å²) in [5.41, 5.74) is 2.69. The minimum atomic E-state index is -0.538. The average Bonchev–Trinajstić information content (AvgIpc) is 2.97. The van der Waals surface area contributed by atoms with Crippen LogP contribution in [0.4, 0.5) is 0 Å². The summed E-state index contributed by atoms with van der Waals surface area (Å²) in [7, 11) is 0. The lowest BCUT2D eigenvalue weighted by atomic mass is 9.65. The molecule has 4 nitrogen and oxygen atoms in total. The van der Waals surface area contributed by atoms with Crippen molar-refractivity contribution < 1.29 is 14.4 Å². The van der Waals surface area contributed by atoms with Gasteiger partial charge in [-0.05, 0) is 76.0 Å². The Labute approximate surface area is 258 Å². The summed E-state index contributed by atoms with van der Waals surface area (Å²) in [6, 6.07) is -0.313. The van der Waals surface area contributed by atoms with Crippen molar-refractivity contribution in [3.63, 3.8) is 0 Å². The van der Waals surface area contributed by atoms with Crippen LogP contribution in [-0.2, 0) is 14.4 Å². The SMILES string of the molecule is C.C=CC(C)(C)ON[C@H](C(=O)CC[C@H](C(C)=O)[C@H]1CC(C)(C)C=C[C@H]1CC)C1CCCCC1.CC.CC.CC.CC. The molecule has 0 amide bonds. The standard InChI is InChI=1S/C28H47NO3.4C2H6.CH4/c1-8-21-17-18-27(4,5)19-24(21)23(20(3)30)15-16-25(31)26(22-13-11-10-12-14-22)29-32-28(6,7)9-2;4*1-2;/h9,17-18,21-24,26,29H,2,8,10-16,19H2,1,3-7H3;4*1-2H3;1H4/t21-,23-,24+,26+;;;;;/m1...../s1. The fraction of sp³-hybridized carbons (Fsp3) is 0.838. The summed E-state index contributed by atoms with van der Waals surface area (Å²) in [6.07, 6.45) is 15.1. The Morgan fingerprint density at radius 3 is 1.98 bits per heavy atom. The summed E-state index contributed by atoms with van der Waals surface area (Å²) in [5, 5.41) is 0. The highest BCUT2D eigenvalue weighted by Crippen LogP contribution is 2.43. The quantitative estimate of drug-likeness (QED) is 0.184. The molecule has 0 aromatic heterocycles. The van der Waals surface area contributed by atoms with Gasteiger partial charge in [-0.1, -0.05) is 121 Å². The van der Waals surface area contributed by atoms with Gasteiger partial charge in [-0.3, -0.25) is 14.4 Å². The lowest BCUT2D eigenvalue weighted by Gasteiger charge is -2.40. The Balaban J connectivity index is -0.000000697. The number of Topliss-reactive ketones (excluding diaryl/α,β-unsaturated/α-hetero) is 2. The third kappa shape index (κ3) is 18.1. The molecule has 0 aromatic carbocycles. The minimum Gasteiger partial charge on any atom is -0.300 e. The van der Waals surface area contributed by atoms with Crippen molar-refractivity contribution in [1.82, 2.24) is 5.48 Å². The van der Waals surface area contributed by atoms with E-state index in [0.29, 0.717) is 30.6 Å². The van der Waals surface area contributed by atoms with Gasteiger partial charge in [-0.2, -0.15) is 5.48 Å². The van der Waals surface area contributed by atoms with E-state index in [4.69, 9.17) is 4.84 Å². The van der Waals surface area contributed by atoms with Crippen molar-refractivity contribution in [3.05, 3.63) is 24.8 Å². The molecule has 41 heavy (non-hydrogen) atoms. The maximum atomic E-state index is 13.4. The number of hydrogen-bond acceptors (Lipinski definition) is 4. The number of nitrogens with one attached hydrogen (secondary N) is 1. The van der Waals surface area contributed by atoms with Crippen LogP contribution in [-0.4, -0.2) is 23.2 Å². The first kappa shape index (κ1) is 46.7. The lowest BCUT2D eigenvalue weighted by molar-refractivity contribution is -0.135. The smallest absolute Gasteiger partial charge is 0.152 e. The van der Waals surface area contributed by atoms with Crippen LogP contribution in [0.1, 0.15) is 162 Å². The van der Waals surface area contributed by atoms with Gasteiger partial charge in [0.15, 0.2) is 5.78 Å². The van der Waals surface area contributed by atoms with Gasteiger partial charge in [0.1, 0.15) is 11.4 Å². The summed E-state index contributed by atoms with van der Waals surface area (Å²) in [5.74, 6) is 1.36.